The van der Waals surface area contributed by atoms with Crippen LogP contribution >= 0.6 is 0 Å². The third-order valence-corrected chi connectivity index (χ3v) is 4.43. The molecule has 0 aliphatic carbocycles. The Morgan fingerprint density at radius 1 is 1.12 bits per heavy atom. The van der Waals surface area contributed by atoms with Gasteiger partial charge >= 0.3 is 0 Å². The number of nitrogens with zero attached hydrogens (tertiary/aromatic N) is 6. The van der Waals surface area contributed by atoms with E-state index >= 15 is 0 Å². The average molecular weight is 340 g/mol. The molecule has 2 aromatic heterocycles. The van der Waals surface area contributed by atoms with Gasteiger partial charge in [-0.1, -0.05) is 12.1 Å². The predicted molar refractivity (Wildman–Crippen MR) is 89.6 cm³/mol. The van der Waals surface area contributed by atoms with Gasteiger partial charge < -0.3 is 9.80 Å². The number of benzene rings is 1. The molecule has 0 bridgehead atoms. The molecule has 8 heteroatoms. The molecular weight excluding hydrogens is 323 g/mol. The molecule has 3 aromatic rings. The highest BCUT2D eigenvalue weighted by atomic mass is 19.1. The number of amides is 1. The van der Waals surface area contributed by atoms with Gasteiger partial charge in [0.05, 0.1) is 0 Å². The van der Waals surface area contributed by atoms with Crippen molar-refractivity contribution in [2.75, 3.05) is 33.2 Å². The van der Waals surface area contributed by atoms with Crippen LogP contribution < -0.4 is 0 Å². The summed E-state index contributed by atoms with van der Waals surface area (Å²) in [6.07, 6.45) is 1.46. The first-order chi connectivity index (χ1) is 12.1. The molecule has 1 saturated heterocycles. The van der Waals surface area contributed by atoms with E-state index in [1.165, 1.54) is 23.0 Å². The van der Waals surface area contributed by atoms with Gasteiger partial charge in [-0.3, -0.25) is 4.79 Å². The Bertz CT molecular complexity index is 915. The summed E-state index contributed by atoms with van der Waals surface area (Å²) >= 11 is 0. The van der Waals surface area contributed by atoms with E-state index in [1.54, 1.807) is 23.1 Å². The second kappa shape index (κ2) is 6.21. The van der Waals surface area contributed by atoms with Gasteiger partial charge in [-0.15, -0.1) is 10.2 Å². The first kappa shape index (κ1) is 15.6. The highest BCUT2D eigenvalue weighted by molar-refractivity contribution is 5.94. The standard InChI is InChI=1S/C17H17FN6O/c1-22-6-8-23(9-7-22)17(25)15-10-14(12-2-4-13(18)5-3-12)16-20-19-11-24(16)21-15/h2-5,10-11H,6-9H2,1H3. The van der Waals surface area contributed by atoms with E-state index in [9.17, 15) is 9.18 Å². The molecule has 0 atom stereocenters. The summed E-state index contributed by atoms with van der Waals surface area (Å²) in [5.41, 5.74) is 2.32. The fourth-order valence-corrected chi connectivity index (χ4v) is 2.94. The monoisotopic (exact) mass is 340 g/mol. The van der Waals surface area contributed by atoms with Crippen LogP contribution in [-0.2, 0) is 0 Å². The Morgan fingerprint density at radius 3 is 2.56 bits per heavy atom. The molecule has 0 unspecified atom stereocenters. The van der Waals surface area contributed by atoms with Crippen molar-refractivity contribution >= 4 is 11.6 Å². The average Bonchev–Trinajstić information content (AvgIpc) is 3.10. The number of hydrogen-bond donors (Lipinski definition) is 0. The molecule has 0 N–H and O–H groups in total. The lowest BCUT2D eigenvalue weighted by Gasteiger charge is -2.32. The summed E-state index contributed by atoms with van der Waals surface area (Å²) < 4.78 is 14.7. The molecular formula is C17H17FN6O. The van der Waals surface area contributed by atoms with Crippen LogP contribution in [0.4, 0.5) is 4.39 Å². The zero-order valence-electron chi connectivity index (χ0n) is 13.8. The highest BCUT2D eigenvalue weighted by Crippen LogP contribution is 2.24. The summed E-state index contributed by atoms with van der Waals surface area (Å²) in [6, 6.07) is 7.78. The lowest BCUT2D eigenvalue weighted by molar-refractivity contribution is 0.0656. The van der Waals surface area contributed by atoms with Crippen molar-refractivity contribution in [3.8, 4) is 11.1 Å². The van der Waals surface area contributed by atoms with Crippen LogP contribution in [0.2, 0.25) is 0 Å². The SMILES string of the molecule is CN1CCN(C(=O)c2cc(-c3ccc(F)cc3)c3nncn3n2)CC1. The molecule has 3 heterocycles. The summed E-state index contributed by atoms with van der Waals surface area (Å²) in [6.45, 7) is 3.02. The molecule has 1 aliphatic rings. The Balaban J connectivity index is 1.75. The van der Waals surface area contributed by atoms with E-state index in [1.807, 2.05) is 7.05 Å². The van der Waals surface area contributed by atoms with Gasteiger partial charge in [0.15, 0.2) is 5.65 Å². The van der Waals surface area contributed by atoms with Crippen LogP contribution in [0.15, 0.2) is 36.7 Å². The first-order valence-corrected chi connectivity index (χ1v) is 8.06. The van der Waals surface area contributed by atoms with Crippen molar-refractivity contribution in [3.63, 3.8) is 0 Å². The van der Waals surface area contributed by atoms with Gasteiger partial charge in [0.1, 0.15) is 17.8 Å². The van der Waals surface area contributed by atoms with E-state index < -0.39 is 0 Å². The van der Waals surface area contributed by atoms with Crippen LogP contribution in [0.1, 0.15) is 10.5 Å². The van der Waals surface area contributed by atoms with Crippen molar-refractivity contribution in [2.24, 2.45) is 0 Å². The maximum Gasteiger partial charge on any atom is 0.274 e. The molecule has 128 valence electrons. The third-order valence-electron chi connectivity index (χ3n) is 4.43. The molecule has 4 rings (SSSR count). The lowest BCUT2D eigenvalue weighted by atomic mass is 10.1. The Morgan fingerprint density at radius 2 is 1.84 bits per heavy atom. The predicted octanol–water partition coefficient (Wildman–Crippen LogP) is 1.32. The molecule has 1 amide bonds. The van der Waals surface area contributed by atoms with Crippen LogP contribution in [0.25, 0.3) is 16.8 Å². The van der Waals surface area contributed by atoms with E-state index in [2.05, 4.69) is 20.2 Å². The zero-order chi connectivity index (χ0) is 17.4. The maximum absolute atomic E-state index is 13.2. The summed E-state index contributed by atoms with van der Waals surface area (Å²) in [7, 11) is 2.04. The van der Waals surface area contributed by atoms with E-state index in [0.29, 0.717) is 30.0 Å². The van der Waals surface area contributed by atoms with Gasteiger partial charge in [0.2, 0.25) is 0 Å². The third kappa shape index (κ3) is 2.96. The highest BCUT2D eigenvalue weighted by Gasteiger charge is 2.23. The Labute approximate surface area is 143 Å². The number of hydrogen-bond acceptors (Lipinski definition) is 5. The van der Waals surface area contributed by atoms with Crippen molar-refractivity contribution in [2.45, 2.75) is 0 Å². The number of rotatable bonds is 2. The number of fused-ring (bicyclic) bond motifs is 1. The minimum absolute atomic E-state index is 0.118. The van der Waals surface area contributed by atoms with Crippen molar-refractivity contribution in [1.29, 1.82) is 0 Å². The van der Waals surface area contributed by atoms with Gasteiger partial charge in [-0.2, -0.15) is 9.61 Å². The molecule has 1 fully saturated rings. The Hall–Kier alpha value is -2.87. The molecule has 0 radical (unpaired) electrons. The number of carbonyl (C=O) groups excluding carboxylic acids is 1. The smallest absolute Gasteiger partial charge is 0.274 e. The number of halogens is 1. The van der Waals surface area contributed by atoms with Crippen molar-refractivity contribution in [1.82, 2.24) is 29.6 Å². The summed E-state index contributed by atoms with van der Waals surface area (Å²) in [4.78, 5) is 16.8. The minimum atomic E-state index is -0.316. The summed E-state index contributed by atoms with van der Waals surface area (Å²) in [5.74, 6) is -0.434. The van der Waals surface area contributed by atoms with Gasteiger partial charge in [-0.25, -0.2) is 4.39 Å². The zero-order valence-corrected chi connectivity index (χ0v) is 13.8. The number of aromatic nitrogens is 4. The second-order valence-electron chi connectivity index (χ2n) is 6.14. The van der Waals surface area contributed by atoms with Crippen molar-refractivity contribution in [3.05, 3.63) is 48.2 Å². The lowest BCUT2D eigenvalue weighted by Crippen LogP contribution is -2.47. The normalized spacial score (nSPS) is 15.7. The second-order valence-corrected chi connectivity index (χ2v) is 6.14. The molecule has 1 aromatic carbocycles. The minimum Gasteiger partial charge on any atom is -0.335 e. The molecule has 25 heavy (non-hydrogen) atoms. The van der Waals surface area contributed by atoms with Gasteiger partial charge in [-0.05, 0) is 30.8 Å². The number of carbonyl (C=O) groups is 1. The molecule has 7 nitrogen and oxygen atoms in total. The van der Waals surface area contributed by atoms with E-state index in [4.69, 9.17) is 0 Å². The van der Waals surface area contributed by atoms with Crippen LogP contribution in [0, 0.1) is 5.82 Å². The molecule has 0 saturated carbocycles. The number of piperazine rings is 1. The summed E-state index contributed by atoms with van der Waals surface area (Å²) in [5, 5.41) is 12.3. The fraction of sp³-hybridized carbons (Fsp3) is 0.294. The molecule has 1 aliphatic heterocycles. The first-order valence-electron chi connectivity index (χ1n) is 8.06. The quantitative estimate of drug-likeness (QED) is 0.704. The Kier molecular flexibility index (Phi) is 3.89. The fourth-order valence-electron chi connectivity index (χ4n) is 2.94. The number of likely N-dealkylation sites (N-methyl/N-ethyl adjacent to an activating group) is 1. The van der Waals surface area contributed by atoms with Crippen LogP contribution in [0.5, 0.6) is 0 Å². The van der Waals surface area contributed by atoms with Crippen LogP contribution in [0.3, 0.4) is 0 Å². The topological polar surface area (TPSA) is 66.6 Å². The van der Waals surface area contributed by atoms with Crippen LogP contribution in [-0.4, -0.2) is 68.7 Å². The van der Waals surface area contributed by atoms with Gasteiger partial charge in [0, 0.05) is 31.7 Å². The van der Waals surface area contributed by atoms with E-state index in [0.717, 1.165) is 18.7 Å². The largest absolute Gasteiger partial charge is 0.335 e. The van der Waals surface area contributed by atoms with Crippen molar-refractivity contribution < 1.29 is 9.18 Å². The van der Waals surface area contributed by atoms with Gasteiger partial charge in [0.25, 0.3) is 5.91 Å². The maximum atomic E-state index is 13.2. The van der Waals surface area contributed by atoms with E-state index in [-0.39, 0.29) is 11.7 Å². The molecule has 0 spiro atoms.